The number of nitrogens with one attached hydrogen (secondary N) is 1. The van der Waals surface area contributed by atoms with E-state index in [-0.39, 0.29) is 84.9 Å². The number of alkyl halides is 1. The van der Waals surface area contributed by atoms with Crippen molar-refractivity contribution >= 4 is 60.7 Å². The molecule has 1 aliphatic carbocycles. The first-order valence-electron chi connectivity index (χ1n) is 17.6. The van der Waals surface area contributed by atoms with Crippen molar-refractivity contribution in [1.82, 2.24) is 25.1 Å². The Morgan fingerprint density at radius 1 is 1.20 bits per heavy atom. The molecule has 4 aromatic rings. The Morgan fingerprint density at radius 3 is 2.84 bits per heavy atom. The van der Waals surface area contributed by atoms with Gasteiger partial charge in [-0.3, -0.25) is 15.0 Å². The summed E-state index contributed by atoms with van der Waals surface area (Å²) in [4.78, 5) is 28.9. The number of carbonyl (C=O) groups excluding carboxylic acids is 1. The fourth-order valence-corrected chi connectivity index (χ4v) is 10.6. The number of nitriles is 1. The van der Waals surface area contributed by atoms with E-state index in [2.05, 4.69) is 20.1 Å². The van der Waals surface area contributed by atoms with Gasteiger partial charge in [0.15, 0.2) is 5.82 Å². The number of amides is 1. The van der Waals surface area contributed by atoms with Gasteiger partial charge >= 0.3 is 6.01 Å². The standard InChI is InChI=1S/C36H34ClF3N8O2S/c37-22-8-20-29(27(40)26(22)19-4-5-23(39)31-25(19)21(10-41)32(42)51-31)44-35(50-15-36-6-1-7-47(36)13-18(38)9-36)45-33(20)48-12-17-11-46(14-24(17)48)34(49)30-28(43-30)16-2-3-16/h4-5,8,16-18,24,28,30,43H,1-3,6-7,9,11-15,42H2/t17?,18-,24?,28+,30-,36+/m1/s1. The summed E-state index contributed by atoms with van der Waals surface area (Å²) in [5.74, 6) is 0.0589. The number of hydrogen-bond acceptors (Lipinski definition) is 10. The number of ether oxygens (including phenoxy) is 1. The van der Waals surface area contributed by atoms with E-state index in [0.717, 1.165) is 30.7 Å². The Balaban J connectivity index is 1.05. The highest BCUT2D eigenvalue weighted by atomic mass is 35.5. The Labute approximate surface area is 300 Å². The van der Waals surface area contributed by atoms with Gasteiger partial charge in [0.25, 0.3) is 0 Å². The van der Waals surface area contributed by atoms with Crippen molar-refractivity contribution in [2.45, 2.75) is 61.9 Å². The molecule has 51 heavy (non-hydrogen) atoms. The molecule has 6 aliphatic rings. The molecule has 1 amide bonds. The molecular formula is C36H34ClF3N8O2S. The van der Waals surface area contributed by atoms with Crippen molar-refractivity contribution in [1.29, 1.82) is 5.26 Å². The van der Waals surface area contributed by atoms with Gasteiger partial charge in [-0.15, -0.1) is 11.3 Å². The van der Waals surface area contributed by atoms with Crippen LogP contribution in [0.15, 0.2) is 18.2 Å². The summed E-state index contributed by atoms with van der Waals surface area (Å²) in [6, 6.07) is 6.35. The molecule has 0 bridgehead atoms. The second-order valence-corrected chi connectivity index (χ2v) is 16.6. The van der Waals surface area contributed by atoms with Gasteiger partial charge < -0.3 is 20.3 Å². The predicted molar refractivity (Wildman–Crippen MR) is 188 cm³/mol. The van der Waals surface area contributed by atoms with Crippen molar-refractivity contribution < 1.29 is 22.7 Å². The summed E-state index contributed by atoms with van der Waals surface area (Å²) >= 11 is 7.82. The third kappa shape index (κ3) is 4.84. The fourth-order valence-electron chi connectivity index (χ4n) is 9.34. The maximum Gasteiger partial charge on any atom is 0.319 e. The minimum absolute atomic E-state index is 0.0331. The first kappa shape index (κ1) is 31.8. The summed E-state index contributed by atoms with van der Waals surface area (Å²) in [5, 5.41) is 14.0. The van der Waals surface area contributed by atoms with Crippen LogP contribution in [0.4, 0.5) is 24.0 Å². The van der Waals surface area contributed by atoms with E-state index in [1.165, 1.54) is 25.0 Å². The molecule has 2 aromatic carbocycles. The van der Waals surface area contributed by atoms with Crippen molar-refractivity contribution in [2.75, 3.05) is 50.0 Å². The molecule has 264 valence electrons. The molecule has 5 aliphatic heterocycles. The molecule has 2 aromatic heterocycles. The minimum atomic E-state index is -0.947. The van der Waals surface area contributed by atoms with Crippen molar-refractivity contribution in [2.24, 2.45) is 11.8 Å². The van der Waals surface area contributed by atoms with Crippen LogP contribution in [0.2, 0.25) is 5.02 Å². The molecule has 2 unspecified atom stereocenters. The van der Waals surface area contributed by atoms with E-state index in [1.54, 1.807) is 6.07 Å². The molecule has 15 heteroatoms. The van der Waals surface area contributed by atoms with Crippen LogP contribution in [-0.2, 0) is 4.79 Å². The Morgan fingerprint density at radius 2 is 2.04 bits per heavy atom. The fraction of sp³-hybridized carbons (Fsp3) is 0.500. The molecule has 6 atom stereocenters. The molecule has 7 heterocycles. The highest BCUT2D eigenvalue weighted by molar-refractivity contribution is 7.23. The highest BCUT2D eigenvalue weighted by Crippen LogP contribution is 2.48. The van der Waals surface area contributed by atoms with Crippen LogP contribution < -0.4 is 20.7 Å². The second-order valence-electron chi connectivity index (χ2n) is 15.1. The zero-order valence-corrected chi connectivity index (χ0v) is 29.0. The van der Waals surface area contributed by atoms with E-state index >= 15 is 4.39 Å². The van der Waals surface area contributed by atoms with Crippen molar-refractivity contribution in [3.63, 3.8) is 0 Å². The molecule has 6 fully saturated rings. The van der Waals surface area contributed by atoms with E-state index in [4.69, 9.17) is 27.1 Å². The minimum Gasteiger partial charge on any atom is -0.461 e. The molecule has 10 nitrogen and oxygen atoms in total. The molecule has 10 rings (SSSR count). The number of benzene rings is 2. The number of aromatic nitrogens is 2. The zero-order valence-electron chi connectivity index (χ0n) is 27.5. The first-order chi connectivity index (χ1) is 24.6. The van der Waals surface area contributed by atoms with Crippen LogP contribution in [0, 0.1) is 34.8 Å². The average molecular weight is 735 g/mol. The average Bonchev–Trinajstić information content (AvgIpc) is 3.97. The quantitative estimate of drug-likeness (QED) is 0.244. The number of thiophene rings is 1. The topological polar surface area (TPSA) is 134 Å². The summed E-state index contributed by atoms with van der Waals surface area (Å²) in [6.45, 7) is 3.08. The summed E-state index contributed by atoms with van der Waals surface area (Å²) < 4.78 is 53.0. The van der Waals surface area contributed by atoms with Gasteiger partial charge in [-0.1, -0.05) is 17.7 Å². The number of nitrogens with two attached hydrogens (primary N) is 1. The maximum atomic E-state index is 17.1. The number of nitrogens with zero attached hydrogens (tertiary/aromatic N) is 6. The Hall–Kier alpha value is -3.90. The maximum absolute atomic E-state index is 17.1. The number of nitrogen functional groups attached to an aromatic ring is 1. The van der Waals surface area contributed by atoms with E-state index < -0.39 is 23.3 Å². The normalized spacial score (nSPS) is 29.7. The first-order valence-corrected chi connectivity index (χ1v) is 18.8. The third-order valence-electron chi connectivity index (χ3n) is 12.1. The zero-order chi connectivity index (χ0) is 34.9. The van der Waals surface area contributed by atoms with Crippen LogP contribution in [0.1, 0.15) is 37.7 Å². The highest BCUT2D eigenvalue weighted by Gasteiger charge is 2.55. The second kappa shape index (κ2) is 11.3. The van der Waals surface area contributed by atoms with Gasteiger partial charge in [-0.25, -0.2) is 13.2 Å². The Bertz CT molecular complexity index is 2210. The summed E-state index contributed by atoms with van der Waals surface area (Å²) in [5.41, 5.74) is 5.79. The number of halogens is 4. The van der Waals surface area contributed by atoms with Gasteiger partial charge in [-0.2, -0.15) is 15.2 Å². The lowest BCUT2D eigenvalue weighted by Crippen LogP contribution is -2.56. The van der Waals surface area contributed by atoms with Gasteiger partial charge in [0.05, 0.1) is 26.9 Å². The number of hydrogen-bond donors (Lipinski definition) is 2. The third-order valence-corrected chi connectivity index (χ3v) is 13.4. The van der Waals surface area contributed by atoms with Crippen molar-refractivity contribution in [3.8, 4) is 23.2 Å². The SMILES string of the molecule is N#Cc1c(N)sc2c(F)ccc(-c3c(Cl)cc4c(N5CC6CN(C(=O)[C@@H]7N[C@H]7C7CC7)CC65)nc(OC[C@@]56CCCN5C[C@H](F)C6)nc4c3F)c12. The smallest absolute Gasteiger partial charge is 0.319 e. The number of carbonyl (C=O) groups is 1. The largest absolute Gasteiger partial charge is 0.461 e. The molecule has 5 saturated heterocycles. The predicted octanol–water partition coefficient (Wildman–Crippen LogP) is 5.25. The van der Waals surface area contributed by atoms with E-state index in [0.29, 0.717) is 49.7 Å². The molecular weight excluding hydrogens is 701 g/mol. The lowest BCUT2D eigenvalue weighted by molar-refractivity contribution is -0.129. The van der Waals surface area contributed by atoms with Gasteiger partial charge in [-0.05, 0) is 55.8 Å². The van der Waals surface area contributed by atoms with Gasteiger partial charge in [0, 0.05) is 60.9 Å². The summed E-state index contributed by atoms with van der Waals surface area (Å²) in [6.07, 6.45) is 3.47. The lowest BCUT2D eigenvalue weighted by Gasteiger charge is -2.44. The number of likely N-dealkylation sites (tertiary alicyclic amines) is 1. The Kier molecular flexibility index (Phi) is 7.05. The van der Waals surface area contributed by atoms with E-state index in [1.807, 2.05) is 11.0 Å². The summed E-state index contributed by atoms with van der Waals surface area (Å²) in [7, 11) is 0. The number of fused-ring (bicyclic) bond motifs is 4. The van der Waals surface area contributed by atoms with Gasteiger partial charge in [0.1, 0.15) is 47.0 Å². The van der Waals surface area contributed by atoms with Crippen LogP contribution in [0.3, 0.4) is 0 Å². The van der Waals surface area contributed by atoms with E-state index in [9.17, 15) is 18.8 Å². The number of rotatable bonds is 7. The number of anilines is 2. The van der Waals surface area contributed by atoms with Crippen molar-refractivity contribution in [3.05, 3.63) is 40.4 Å². The molecule has 1 saturated carbocycles. The molecule has 0 spiro atoms. The van der Waals surface area contributed by atoms with Crippen LogP contribution >= 0.6 is 22.9 Å². The molecule has 0 radical (unpaired) electrons. The van der Waals surface area contributed by atoms with Gasteiger partial charge in [0.2, 0.25) is 5.91 Å². The van der Waals surface area contributed by atoms with Crippen LogP contribution in [0.25, 0.3) is 32.1 Å². The van der Waals surface area contributed by atoms with Crippen LogP contribution in [-0.4, -0.2) is 94.8 Å². The lowest BCUT2D eigenvalue weighted by atomic mass is 9.91. The molecule has 3 N–H and O–H groups in total. The van der Waals surface area contributed by atoms with Crippen LogP contribution in [0.5, 0.6) is 6.01 Å². The monoisotopic (exact) mass is 734 g/mol.